The minimum absolute atomic E-state index is 0.0712. The Balaban J connectivity index is 1.57. The van der Waals surface area contributed by atoms with E-state index in [0.29, 0.717) is 24.0 Å². The summed E-state index contributed by atoms with van der Waals surface area (Å²) in [6.07, 6.45) is 6.21. The summed E-state index contributed by atoms with van der Waals surface area (Å²) in [5.74, 6) is 2.07. The van der Waals surface area contributed by atoms with Crippen LogP contribution in [0, 0.1) is 4.91 Å². The molecule has 1 aliphatic heterocycles. The lowest BCUT2D eigenvalue weighted by Gasteiger charge is -2.36. The van der Waals surface area contributed by atoms with Gasteiger partial charge in [-0.25, -0.2) is 0 Å². The topological polar surface area (TPSA) is 47.9 Å². The zero-order chi connectivity index (χ0) is 19.7. The molecule has 2 aromatic carbocycles. The van der Waals surface area contributed by atoms with Crippen LogP contribution in [0.4, 0.5) is 5.69 Å². The third kappa shape index (κ3) is 3.65. The summed E-state index contributed by atoms with van der Waals surface area (Å²) in [7, 11) is 0. The second-order valence-corrected chi connectivity index (χ2v) is 8.65. The van der Waals surface area contributed by atoms with Crippen LogP contribution in [0.2, 0.25) is 0 Å². The lowest BCUT2D eigenvalue weighted by atomic mass is 9.77. The van der Waals surface area contributed by atoms with Gasteiger partial charge in [-0.05, 0) is 104 Å². The first-order valence-corrected chi connectivity index (χ1v) is 10.4. The maximum atomic E-state index is 11.3. The van der Waals surface area contributed by atoms with Crippen LogP contribution in [-0.2, 0) is 19.3 Å². The quantitative estimate of drug-likeness (QED) is 0.577. The van der Waals surface area contributed by atoms with Crippen molar-refractivity contribution in [2.45, 2.75) is 70.8 Å². The lowest BCUT2D eigenvalue weighted by molar-refractivity contribution is 0.0842. The van der Waals surface area contributed by atoms with Gasteiger partial charge in [0.15, 0.2) is 0 Å². The van der Waals surface area contributed by atoms with Crippen LogP contribution in [0.15, 0.2) is 35.5 Å². The van der Waals surface area contributed by atoms with E-state index in [4.69, 9.17) is 9.47 Å². The SMILES string of the molecule is CCCOc1ccc(C2CCc3c(ccc4c3CCC(C)(C)O4)C2)cc1N=O. The molecule has 0 N–H and O–H groups in total. The van der Waals surface area contributed by atoms with E-state index in [-0.39, 0.29) is 5.60 Å². The fourth-order valence-electron chi connectivity index (χ4n) is 4.53. The smallest absolute Gasteiger partial charge is 0.150 e. The van der Waals surface area contributed by atoms with Crippen molar-refractivity contribution in [3.63, 3.8) is 0 Å². The molecular weight excluding hydrogens is 350 g/mol. The summed E-state index contributed by atoms with van der Waals surface area (Å²) in [4.78, 5) is 11.3. The van der Waals surface area contributed by atoms with E-state index in [1.807, 2.05) is 19.1 Å². The molecule has 0 bridgehead atoms. The van der Waals surface area contributed by atoms with E-state index >= 15 is 0 Å². The summed E-state index contributed by atoms with van der Waals surface area (Å²) in [6.45, 7) is 6.98. The van der Waals surface area contributed by atoms with E-state index in [1.165, 1.54) is 22.3 Å². The van der Waals surface area contributed by atoms with Crippen molar-refractivity contribution in [1.82, 2.24) is 0 Å². The van der Waals surface area contributed by atoms with Crippen molar-refractivity contribution < 1.29 is 9.47 Å². The first kappa shape index (κ1) is 19.0. The van der Waals surface area contributed by atoms with Gasteiger partial charge in [-0.15, -0.1) is 4.91 Å². The first-order chi connectivity index (χ1) is 13.5. The van der Waals surface area contributed by atoms with Crippen LogP contribution in [0.5, 0.6) is 11.5 Å². The Hall–Kier alpha value is -2.36. The number of benzene rings is 2. The molecule has 1 aliphatic carbocycles. The van der Waals surface area contributed by atoms with Crippen molar-refractivity contribution in [1.29, 1.82) is 0 Å². The highest BCUT2D eigenvalue weighted by atomic mass is 16.5. The van der Waals surface area contributed by atoms with Crippen molar-refractivity contribution >= 4 is 5.69 Å². The molecule has 0 saturated carbocycles. The number of ether oxygens (including phenoxy) is 2. The van der Waals surface area contributed by atoms with E-state index in [0.717, 1.165) is 44.3 Å². The van der Waals surface area contributed by atoms with Gasteiger partial charge in [-0.3, -0.25) is 0 Å². The zero-order valence-electron chi connectivity index (χ0n) is 17.1. The number of fused-ring (bicyclic) bond motifs is 3. The largest absolute Gasteiger partial charge is 0.491 e. The van der Waals surface area contributed by atoms with Crippen LogP contribution in [0.3, 0.4) is 0 Å². The Labute approximate surface area is 167 Å². The molecule has 1 heterocycles. The summed E-state index contributed by atoms with van der Waals surface area (Å²) in [5.41, 5.74) is 5.84. The standard InChI is InChI=1S/C24H29NO3/c1-4-13-27-23-10-6-17(15-21(23)25-26)16-5-8-19-18(14-16)7-9-22-20(19)11-12-24(2,3)28-22/h6-7,9-10,15-16H,4-5,8,11-14H2,1-3H3. The highest BCUT2D eigenvalue weighted by Crippen LogP contribution is 2.42. The number of hydrogen-bond donors (Lipinski definition) is 0. The van der Waals surface area contributed by atoms with Crippen molar-refractivity contribution in [3.05, 3.63) is 57.5 Å². The molecule has 0 saturated heterocycles. The van der Waals surface area contributed by atoms with Crippen LogP contribution in [0.1, 0.15) is 68.2 Å². The molecule has 4 nitrogen and oxygen atoms in total. The fraction of sp³-hybridized carbons (Fsp3) is 0.500. The van der Waals surface area contributed by atoms with E-state index < -0.39 is 0 Å². The van der Waals surface area contributed by atoms with Crippen LogP contribution in [0.25, 0.3) is 0 Å². The second kappa shape index (κ2) is 7.57. The minimum atomic E-state index is -0.0712. The average molecular weight is 380 g/mol. The van der Waals surface area contributed by atoms with Gasteiger partial charge in [0.05, 0.1) is 6.61 Å². The number of hydrogen-bond acceptors (Lipinski definition) is 4. The Morgan fingerprint density at radius 1 is 1.18 bits per heavy atom. The number of nitrogens with zero attached hydrogens (tertiary/aromatic N) is 1. The molecule has 0 fully saturated rings. The predicted molar refractivity (Wildman–Crippen MR) is 112 cm³/mol. The van der Waals surface area contributed by atoms with Gasteiger partial charge in [0.25, 0.3) is 0 Å². The monoisotopic (exact) mass is 379 g/mol. The molecule has 1 atom stereocenters. The Morgan fingerprint density at radius 3 is 2.82 bits per heavy atom. The predicted octanol–water partition coefficient (Wildman–Crippen LogP) is 6.25. The molecule has 148 valence electrons. The Morgan fingerprint density at radius 2 is 2.04 bits per heavy atom. The van der Waals surface area contributed by atoms with Crippen LogP contribution < -0.4 is 9.47 Å². The maximum Gasteiger partial charge on any atom is 0.150 e. The molecule has 2 aromatic rings. The summed E-state index contributed by atoms with van der Waals surface area (Å²) in [6, 6.07) is 10.3. The zero-order valence-corrected chi connectivity index (χ0v) is 17.1. The lowest BCUT2D eigenvalue weighted by Crippen LogP contribution is -2.33. The van der Waals surface area contributed by atoms with Crippen LogP contribution >= 0.6 is 0 Å². The Kier molecular flexibility index (Phi) is 5.13. The molecule has 0 amide bonds. The van der Waals surface area contributed by atoms with Gasteiger partial charge in [-0.1, -0.05) is 19.1 Å². The van der Waals surface area contributed by atoms with E-state index in [1.54, 1.807) is 0 Å². The molecule has 4 heteroatoms. The molecular formula is C24H29NO3. The van der Waals surface area contributed by atoms with Gasteiger partial charge < -0.3 is 9.47 Å². The van der Waals surface area contributed by atoms with Crippen molar-refractivity contribution in [3.8, 4) is 11.5 Å². The molecule has 2 aliphatic rings. The number of nitroso groups, excluding NO2 is 1. The normalized spacial score (nSPS) is 19.9. The summed E-state index contributed by atoms with van der Waals surface area (Å²) >= 11 is 0. The third-order valence-corrected chi connectivity index (χ3v) is 6.07. The molecule has 4 rings (SSSR count). The minimum Gasteiger partial charge on any atom is -0.491 e. The molecule has 28 heavy (non-hydrogen) atoms. The molecule has 1 unspecified atom stereocenters. The number of rotatable bonds is 5. The highest BCUT2D eigenvalue weighted by molar-refractivity contribution is 5.55. The van der Waals surface area contributed by atoms with Gasteiger partial charge >= 0.3 is 0 Å². The first-order valence-electron chi connectivity index (χ1n) is 10.4. The second-order valence-electron chi connectivity index (χ2n) is 8.65. The van der Waals surface area contributed by atoms with Gasteiger partial charge in [0, 0.05) is 0 Å². The van der Waals surface area contributed by atoms with Gasteiger partial charge in [0.1, 0.15) is 22.8 Å². The van der Waals surface area contributed by atoms with Crippen molar-refractivity contribution in [2.24, 2.45) is 5.18 Å². The summed E-state index contributed by atoms with van der Waals surface area (Å²) < 4.78 is 11.9. The average Bonchev–Trinajstić information content (AvgIpc) is 2.70. The third-order valence-electron chi connectivity index (χ3n) is 6.07. The summed E-state index contributed by atoms with van der Waals surface area (Å²) in [5, 5.41) is 3.20. The van der Waals surface area contributed by atoms with E-state index in [2.05, 4.69) is 37.2 Å². The highest BCUT2D eigenvalue weighted by Gasteiger charge is 2.31. The van der Waals surface area contributed by atoms with Gasteiger partial charge in [-0.2, -0.15) is 0 Å². The van der Waals surface area contributed by atoms with Crippen molar-refractivity contribution in [2.75, 3.05) is 6.61 Å². The fourth-order valence-corrected chi connectivity index (χ4v) is 4.53. The van der Waals surface area contributed by atoms with Gasteiger partial charge in [0.2, 0.25) is 0 Å². The molecule has 0 radical (unpaired) electrons. The Bertz CT molecular complexity index is 888. The molecule has 0 aromatic heterocycles. The van der Waals surface area contributed by atoms with Crippen LogP contribution in [-0.4, -0.2) is 12.2 Å². The van der Waals surface area contributed by atoms with E-state index in [9.17, 15) is 4.91 Å². The molecule has 0 spiro atoms. The maximum absolute atomic E-state index is 11.3.